The standard InChI is InChI=1S/C17H11ClO2/c18-15-6-2-4-13(10-15)12-3-1-5-14(9-12)17-8-7-16(11-19)20-17/h1-11H. The van der Waals surface area contributed by atoms with E-state index in [4.69, 9.17) is 16.0 Å². The van der Waals surface area contributed by atoms with Crippen molar-refractivity contribution >= 4 is 17.9 Å². The van der Waals surface area contributed by atoms with Crippen LogP contribution in [0.25, 0.3) is 22.5 Å². The van der Waals surface area contributed by atoms with Crippen LogP contribution in [0.4, 0.5) is 0 Å². The molecule has 2 aromatic carbocycles. The van der Waals surface area contributed by atoms with E-state index < -0.39 is 0 Å². The van der Waals surface area contributed by atoms with Crippen LogP contribution in [0.2, 0.25) is 5.02 Å². The maximum absolute atomic E-state index is 10.7. The summed E-state index contributed by atoms with van der Waals surface area (Å²) in [4.78, 5) is 10.7. The van der Waals surface area contributed by atoms with E-state index >= 15 is 0 Å². The molecule has 3 heteroatoms. The SMILES string of the molecule is O=Cc1ccc(-c2cccc(-c3cccc(Cl)c3)c2)o1. The molecule has 20 heavy (non-hydrogen) atoms. The van der Waals surface area contributed by atoms with Crippen molar-refractivity contribution in [2.45, 2.75) is 0 Å². The highest BCUT2D eigenvalue weighted by Gasteiger charge is 2.06. The third-order valence-electron chi connectivity index (χ3n) is 3.05. The first kappa shape index (κ1) is 12.7. The van der Waals surface area contributed by atoms with E-state index in [0.29, 0.717) is 22.8 Å². The lowest BCUT2D eigenvalue weighted by Gasteiger charge is -2.04. The van der Waals surface area contributed by atoms with Gasteiger partial charge in [0.05, 0.1) is 0 Å². The third kappa shape index (κ3) is 2.51. The molecule has 1 aromatic heterocycles. The van der Waals surface area contributed by atoms with Crippen molar-refractivity contribution < 1.29 is 9.21 Å². The van der Waals surface area contributed by atoms with Crippen LogP contribution in [-0.4, -0.2) is 6.29 Å². The molecular formula is C17H11ClO2. The molecule has 0 saturated heterocycles. The minimum atomic E-state index is 0.327. The number of hydrogen-bond donors (Lipinski definition) is 0. The summed E-state index contributed by atoms with van der Waals surface area (Å²) in [7, 11) is 0. The van der Waals surface area contributed by atoms with Crippen LogP contribution in [0.1, 0.15) is 10.6 Å². The second-order valence-corrected chi connectivity index (χ2v) is 4.85. The largest absolute Gasteiger partial charge is 0.453 e. The van der Waals surface area contributed by atoms with Crippen molar-refractivity contribution in [3.63, 3.8) is 0 Å². The molecular weight excluding hydrogens is 272 g/mol. The van der Waals surface area contributed by atoms with E-state index in [1.54, 1.807) is 12.1 Å². The number of benzene rings is 2. The second kappa shape index (κ2) is 5.35. The van der Waals surface area contributed by atoms with E-state index in [1.165, 1.54) is 0 Å². The fraction of sp³-hybridized carbons (Fsp3) is 0. The molecule has 0 aliphatic rings. The van der Waals surface area contributed by atoms with Crippen LogP contribution in [0.15, 0.2) is 65.1 Å². The average molecular weight is 283 g/mol. The number of rotatable bonds is 3. The van der Waals surface area contributed by atoms with Crippen LogP contribution in [0.3, 0.4) is 0 Å². The normalized spacial score (nSPS) is 10.4. The monoisotopic (exact) mass is 282 g/mol. The molecule has 3 rings (SSSR count). The number of hydrogen-bond acceptors (Lipinski definition) is 2. The summed E-state index contributed by atoms with van der Waals surface area (Å²) >= 11 is 6.02. The van der Waals surface area contributed by atoms with Gasteiger partial charge in [0.1, 0.15) is 5.76 Å². The predicted molar refractivity (Wildman–Crippen MR) is 80.0 cm³/mol. The van der Waals surface area contributed by atoms with Gasteiger partial charge in [-0.25, -0.2) is 0 Å². The number of furan rings is 1. The van der Waals surface area contributed by atoms with Gasteiger partial charge in [-0.05, 0) is 41.5 Å². The van der Waals surface area contributed by atoms with Gasteiger partial charge in [-0.3, -0.25) is 4.79 Å². The summed E-state index contributed by atoms with van der Waals surface area (Å²) in [6, 6.07) is 19.1. The summed E-state index contributed by atoms with van der Waals surface area (Å²) < 4.78 is 5.44. The van der Waals surface area contributed by atoms with Crippen molar-refractivity contribution in [3.8, 4) is 22.5 Å². The molecule has 0 bridgehead atoms. The fourth-order valence-electron chi connectivity index (χ4n) is 2.09. The summed E-state index contributed by atoms with van der Waals surface area (Å²) in [5.41, 5.74) is 3.02. The zero-order chi connectivity index (χ0) is 13.9. The zero-order valence-electron chi connectivity index (χ0n) is 10.5. The molecule has 0 spiro atoms. The average Bonchev–Trinajstić information content (AvgIpc) is 2.96. The Bertz CT molecular complexity index is 759. The van der Waals surface area contributed by atoms with E-state index in [-0.39, 0.29) is 0 Å². The Morgan fingerprint density at radius 1 is 0.850 bits per heavy atom. The van der Waals surface area contributed by atoms with Gasteiger partial charge in [0.15, 0.2) is 12.0 Å². The Hall–Kier alpha value is -2.32. The first-order chi connectivity index (χ1) is 9.76. The quantitative estimate of drug-likeness (QED) is 0.627. The van der Waals surface area contributed by atoms with E-state index in [2.05, 4.69) is 0 Å². The Morgan fingerprint density at radius 3 is 2.25 bits per heavy atom. The summed E-state index contributed by atoms with van der Waals surface area (Å²) in [6.45, 7) is 0. The third-order valence-corrected chi connectivity index (χ3v) is 3.28. The first-order valence-corrected chi connectivity index (χ1v) is 6.55. The highest BCUT2D eigenvalue weighted by atomic mass is 35.5. The molecule has 0 radical (unpaired) electrons. The van der Waals surface area contributed by atoms with Gasteiger partial charge in [0, 0.05) is 10.6 Å². The number of halogens is 1. The van der Waals surface area contributed by atoms with Crippen LogP contribution in [0.5, 0.6) is 0 Å². The predicted octanol–water partition coefficient (Wildman–Crippen LogP) is 5.08. The second-order valence-electron chi connectivity index (χ2n) is 4.41. The highest BCUT2D eigenvalue weighted by Crippen LogP contribution is 2.28. The smallest absolute Gasteiger partial charge is 0.185 e. The summed E-state index contributed by atoms with van der Waals surface area (Å²) in [6.07, 6.45) is 0.699. The molecule has 0 aliphatic carbocycles. The van der Waals surface area contributed by atoms with E-state index in [1.807, 2.05) is 48.5 Å². The first-order valence-electron chi connectivity index (χ1n) is 6.18. The number of carbonyl (C=O) groups excluding carboxylic acids is 1. The fourth-order valence-corrected chi connectivity index (χ4v) is 2.28. The Morgan fingerprint density at radius 2 is 1.55 bits per heavy atom. The van der Waals surface area contributed by atoms with Crippen molar-refractivity contribution in [1.29, 1.82) is 0 Å². The highest BCUT2D eigenvalue weighted by molar-refractivity contribution is 6.30. The molecule has 0 amide bonds. The Labute approximate surface area is 121 Å². The van der Waals surface area contributed by atoms with Gasteiger partial charge in [0.25, 0.3) is 0 Å². The van der Waals surface area contributed by atoms with Gasteiger partial charge in [-0.1, -0.05) is 41.9 Å². The molecule has 2 nitrogen and oxygen atoms in total. The molecule has 98 valence electrons. The van der Waals surface area contributed by atoms with Crippen molar-refractivity contribution in [3.05, 3.63) is 71.4 Å². The Kier molecular flexibility index (Phi) is 3.40. The van der Waals surface area contributed by atoms with Gasteiger partial charge >= 0.3 is 0 Å². The maximum atomic E-state index is 10.7. The van der Waals surface area contributed by atoms with Crippen LogP contribution in [0, 0.1) is 0 Å². The lowest BCUT2D eigenvalue weighted by atomic mass is 10.0. The van der Waals surface area contributed by atoms with Gasteiger partial charge in [-0.15, -0.1) is 0 Å². The van der Waals surface area contributed by atoms with Gasteiger partial charge in [0.2, 0.25) is 0 Å². The minimum Gasteiger partial charge on any atom is -0.453 e. The minimum absolute atomic E-state index is 0.327. The molecule has 0 N–H and O–H groups in total. The van der Waals surface area contributed by atoms with Gasteiger partial charge < -0.3 is 4.42 Å². The Balaban J connectivity index is 2.03. The molecule has 1 heterocycles. The number of aldehydes is 1. The van der Waals surface area contributed by atoms with Crippen molar-refractivity contribution in [2.75, 3.05) is 0 Å². The lowest BCUT2D eigenvalue weighted by molar-refractivity contribution is 0.110. The topological polar surface area (TPSA) is 30.2 Å². The van der Waals surface area contributed by atoms with E-state index in [0.717, 1.165) is 16.7 Å². The molecule has 0 aliphatic heterocycles. The summed E-state index contributed by atoms with van der Waals surface area (Å²) in [5.74, 6) is 1.00. The van der Waals surface area contributed by atoms with E-state index in [9.17, 15) is 4.79 Å². The van der Waals surface area contributed by atoms with Crippen molar-refractivity contribution in [1.82, 2.24) is 0 Å². The van der Waals surface area contributed by atoms with Crippen LogP contribution >= 0.6 is 11.6 Å². The molecule has 0 fully saturated rings. The lowest BCUT2D eigenvalue weighted by Crippen LogP contribution is -1.80. The summed E-state index contributed by atoms with van der Waals surface area (Å²) in [5, 5.41) is 0.703. The van der Waals surface area contributed by atoms with Gasteiger partial charge in [-0.2, -0.15) is 0 Å². The molecule has 3 aromatic rings. The van der Waals surface area contributed by atoms with Crippen molar-refractivity contribution in [2.24, 2.45) is 0 Å². The maximum Gasteiger partial charge on any atom is 0.185 e. The van der Waals surface area contributed by atoms with Crippen LogP contribution < -0.4 is 0 Å². The zero-order valence-corrected chi connectivity index (χ0v) is 11.3. The number of carbonyl (C=O) groups is 1. The molecule has 0 atom stereocenters. The molecule has 0 saturated carbocycles. The van der Waals surface area contributed by atoms with Crippen LogP contribution in [-0.2, 0) is 0 Å². The molecule has 0 unspecified atom stereocenters.